The van der Waals surface area contributed by atoms with Gasteiger partial charge < -0.3 is 14.8 Å². The third-order valence-corrected chi connectivity index (χ3v) is 6.35. The second kappa shape index (κ2) is 8.83. The number of ether oxygens (including phenoxy) is 2. The molecule has 1 aromatic heterocycles. The zero-order valence-corrected chi connectivity index (χ0v) is 18.9. The van der Waals surface area contributed by atoms with E-state index in [1.165, 1.54) is 23.9 Å². The maximum Gasteiger partial charge on any atom is 0.333 e. The molecule has 2 aromatic rings. The summed E-state index contributed by atoms with van der Waals surface area (Å²) in [6.07, 6.45) is 0.876. The Labute approximate surface area is 181 Å². The number of amides is 2. The summed E-state index contributed by atoms with van der Waals surface area (Å²) in [6, 6.07) is 1.73. The van der Waals surface area contributed by atoms with E-state index in [0.717, 1.165) is 6.20 Å². The maximum atomic E-state index is 14.1. The average molecular weight is 455 g/mol. The van der Waals surface area contributed by atoms with Crippen LogP contribution in [0.2, 0.25) is 0 Å². The number of fused-ring (bicyclic) bond motifs is 1. The van der Waals surface area contributed by atoms with Crippen LogP contribution in [-0.2, 0) is 21.3 Å². The number of halogens is 1. The number of benzene rings is 1. The first-order chi connectivity index (χ1) is 14.5. The van der Waals surface area contributed by atoms with E-state index in [9.17, 15) is 17.6 Å². The van der Waals surface area contributed by atoms with Crippen molar-refractivity contribution in [3.8, 4) is 5.88 Å². The lowest BCUT2D eigenvalue weighted by Crippen LogP contribution is -2.36. The van der Waals surface area contributed by atoms with Crippen LogP contribution in [0.25, 0.3) is 0 Å². The number of carbonyl (C=O) groups is 1. The number of nitrogens with zero attached hydrogens (tertiary/aromatic N) is 2. The molecule has 1 atom stereocenters. The van der Waals surface area contributed by atoms with Gasteiger partial charge >= 0.3 is 6.03 Å². The van der Waals surface area contributed by atoms with Crippen LogP contribution in [-0.4, -0.2) is 44.1 Å². The summed E-state index contributed by atoms with van der Waals surface area (Å²) in [7, 11) is -2.74. The fraction of sp³-hybridized carbons (Fsp3) is 0.500. The Kier molecular flexibility index (Phi) is 6.56. The number of nitrogens with one attached hydrogen (secondary N) is 2. The van der Waals surface area contributed by atoms with Gasteiger partial charge in [0.05, 0.1) is 12.7 Å². The third-order valence-electron chi connectivity index (χ3n) is 5.04. The van der Waals surface area contributed by atoms with Gasteiger partial charge in [0.25, 0.3) is 10.0 Å². The Hall–Kier alpha value is -2.66. The Morgan fingerprint density at radius 2 is 1.87 bits per heavy atom. The van der Waals surface area contributed by atoms with Crippen LogP contribution in [0.4, 0.5) is 14.9 Å². The van der Waals surface area contributed by atoms with Crippen LogP contribution in [0, 0.1) is 5.82 Å². The topological polar surface area (TPSA) is 112 Å². The molecule has 0 spiro atoms. The normalized spacial score (nSPS) is 16.2. The molecule has 0 radical (unpaired) electrons. The third kappa shape index (κ3) is 4.82. The molecule has 9 nitrogen and oxygen atoms in total. The molecule has 170 valence electrons. The number of anilines is 1. The van der Waals surface area contributed by atoms with E-state index in [4.69, 9.17) is 9.47 Å². The van der Waals surface area contributed by atoms with Gasteiger partial charge in [0.2, 0.25) is 5.88 Å². The van der Waals surface area contributed by atoms with Crippen molar-refractivity contribution >= 4 is 21.7 Å². The van der Waals surface area contributed by atoms with Crippen molar-refractivity contribution in [1.29, 1.82) is 0 Å². The fourth-order valence-corrected chi connectivity index (χ4v) is 4.38. The Morgan fingerprint density at radius 3 is 2.42 bits per heavy atom. The maximum absolute atomic E-state index is 14.1. The van der Waals surface area contributed by atoms with Gasteiger partial charge in [0.1, 0.15) is 18.5 Å². The van der Waals surface area contributed by atoms with Gasteiger partial charge in [-0.15, -0.1) is 0 Å². The number of hydrogen-bond acceptors (Lipinski definition) is 6. The molecule has 2 N–H and O–H groups in total. The summed E-state index contributed by atoms with van der Waals surface area (Å²) in [6.45, 7) is 7.95. The molecule has 3 rings (SSSR count). The summed E-state index contributed by atoms with van der Waals surface area (Å²) in [4.78, 5) is 12.4. The predicted molar refractivity (Wildman–Crippen MR) is 112 cm³/mol. The highest BCUT2D eigenvalue weighted by Crippen LogP contribution is 2.34. The molecule has 0 saturated carbocycles. The van der Waals surface area contributed by atoms with E-state index >= 15 is 0 Å². The predicted octanol–water partition coefficient (Wildman–Crippen LogP) is 3.19. The number of rotatable bonds is 6. The van der Waals surface area contributed by atoms with Gasteiger partial charge in [-0.05, 0) is 35.1 Å². The van der Waals surface area contributed by atoms with Gasteiger partial charge in [-0.2, -0.15) is 5.10 Å². The first kappa shape index (κ1) is 23.0. The van der Waals surface area contributed by atoms with Gasteiger partial charge in [-0.25, -0.2) is 27.0 Å². The van der Waals surface area contributed by atoms with Crippen molar-refractivity contribution in [3.63, 3.8) is 0 Å². The van der Waals surface area contributed by atoms with E-state index in [1.807, 2.05) is 32.4 Å². The molecule has 0 unspecified atom stereocenters. The van der Waals surface area contributed by atoms with Gasteiger partial charge in [-0.1, -0.05) is 27.7 Å². The number of carbonyl (C=O) groups excluding carboxylic acids is 1. The minimum absolute atomic E-state index is 0.0427. The minimum atomic E-state index is -4.26. The molecule has 0 aliphatic carbocycles. The summed E-state index contributed by atoms with van der Waals surface area (Å²) >= 11 is 0. The highest BCUT2D eigenvalue weighted by Gasteiger charge is 2.31. The Bertz CT molecular complexity index is 1050. The molecule has 2 amide bonds. The monoisotopic (exact) mass is 454 g/mol. The smallest absolute Gasteiger partial charge is 0.333 e. The summed E-state index contributed by atoms with van der Waals surface area (Å²) < 4.78 is 53.8. The average Bonchev–Trinajstić information content (AvgIpc) is 3.12. The van der Waals surface area contributed by atoms with Gasteiger partial charge in [-0.3, -0.25) is 0 Å². The second-order valence-corrected chi connectivity index (χ2v) is 9.64. The molecule has 2 heterocycles. The molecule has 1 aliphatic heterocycles. The van der Waals surface area contributed by atoms with Crippen LogP contribution in [0.15, 0.2) is 23.2 Å². The van der Waals surface area contributed by atoms with Crippen molar-refractivity contribution in [2.24, 2.45) is 0 Å². The van der Waals surface area contributed by atoms with Crippen molar-refractivity contribution in [2.45, 2.75) is 57.1 Å². The Morgan fingerprint density at radius 1 is 1.26 bits per heavy atom. The van der Waals surface area contributed by atoms with Crippen LogP contribution in [0.3, 0.4) is 0 Å². The molecular weight excluding hydrogens is 427 g/mol. The zero-order valence-electron chi connectivity index (χ0n) is 18.1. The number of aromatic nitrogens is 2. The van der Waals surface area contributed by atoms with Gasteiger partial charge in [0.15, 0.2) is 4.90 Å². The number of urea groups is 1. The quantitative estimate of drug-likeness (QED) is 0.693. The van der Waals surface area contributed by atoms with Crippen molar-refractivity contribution in [1.82, 2.24) is 14.5 Å². The van der Waals surface area contributed by atoms with E-state index in [2.05, 4.69) is 10.4 Å². The molecule has 0 fully saturated rings. The Balaban J connectivity index is 1.86. The molecule has 31 heavy (non-hydrogen) atoms. The van der Waals surface area contributed by atoms with Crippen molar-refractivity contribution in [3.05, 3.63) is 35.3 Å². The van der Waals surface area contributed by atoms with Crippen molar-refractivity contribution < 1.29 is 27.1 Å². The molecule has 1 aromatic carbocycles. The SMILES string of the molecule is CO[C@H]1COc2c(S(=O)(=O)NC(=O)Nc3c(C(C)C)cc(F)cc3C(C)C)cnn2C1. The number of hydrogen-bond donors (Lipinski definition) is 2. The molecule has 11 heteroatoms. The minimum Gasteiger partial charge on any atom is -0.474 e. The van der Waals surface area contributed by atoms with Crippen LogP contribution >= 0.6 is 0 Å². The number of methoxy groups -OCH3 is 1. The highest BCUT2D eigenvalue weighted by atomic mass is 32.2. The van der Waals surface area contributed by atoms with Crippen LogP contribution < -0.4 is 14.8 Å². The molecule has 0 bridgehead atoms. The van der Waals surface area contributed by atoms with E-state index in [1.54, 1.807) is 0 Å². The zero-order chi connectivity index (χ0) is 22.9. The lowest BCUT2D eigenvalue weighted by Gasteiger charge is -2.23. The summed E-state index contributed by atoms with van der Waals surface area (Å²) in [5, 5.41) is 6.62. The fourth-order valence-electron chi connectivity index (χ4n) is 3.40. The first-order valence-electron chi connectivity index (χ1n) is 9.92. The first-order valence-corrected chi connectivity index (χ1v) is 11.4. The molecule has 0 saturated heterocycles. The largest absolute Gasteiger partial charge is 0.474 e. The van der Waals surface area contributed by atoms with E-state index < -0.39 is 21.9 Å². The van der Waals surface area contributed by atoms with Gasteiger partial charge in [0, 0.05) is 12.8 Å². The lowest BCUT2D eigenvalue weighted by molar-refractivity contribution is 0.0165. The van der Waals surface area contributed by atoms with Crippen LogP contribution in [0.1, 0.15) is 50.7 Å². The number of sulfonamides is 1. The van der Waals surface area contributed by atoms with E-state index in [0.29, 0.717) is 23.4 Å². The summed E-state index contributed by atoms with van der Waals surface area (Å²) in [5.41, 5.74) is 1.55. The van der Waals surface area contributed by atoms with Crippen molar-refractivity contribution in [2.75, 3.05) is 19.0 Å². The summed E-state index contributed by atoms with van der Waals surface area (Å²) in [5.74, 6) is -0.556. The molecular formula is C20H27FN4O5S. The van der Waals surface area contributed by atoms with E-state index in [-0.39, 0.29) is 35.3 Å². The second-order valence-electron chi connectivity index (χ2n) is 7.99. The lowest BCUT2D eigenvalue weighted by atomic mass is 9.92. The highest BCUT2D eigenvalue weighted by molar-refractivity contribution is 7.90. The van der Waals surface area contributed by atoms with Crippen LogP contribution in [0.5, 0.6) is 5.88 Å². The molecule has 1 aliphatic rings. The standard InChI is InChI=1S/C20H27FN4O5S/c1-11(2)15-6-13(21)7-16(12(3)4)18(15)23-20(26)24-31(27,28)17-8-22-25-9-14(29-5)10-30-19(17)25/h6-8,11-12,14H,9-10H2,1-5H3,(H2,23,24,26)/t14-/m1/s1.